The van der Waals surface area contributed by atoms with E-state index in [1.54, 1.807) is 0 Å². The molecule has 0 spiro atoms. The van der Waals surface area contributed by atoms with Crippen molar-refractivity contribution in [2.45, 2.75) is 25.4 Å². The zero-order valence-electron chi connectivity index (χ0n) is 11.5. The fourth-order valence-electron chi connectivity index (χ4n) is 2.72. The molecule has 2 heterocycles. The third-order valence-electron chi connectivity index (χ3n) is 3.95. The summed E-state index contributed by atoms with van der Waals surface area (Å²) in [6, 6.07) is 5.96. The van der Waals surface area contributed by atoms with Crippen LogP contribution in [0.4, 0.5) is 5.69 Å². The summed E-state index contributed by atoms with van der Waals surface area (Å²) >= 11 is 0. The molecule has 5 heteroatoms. The van der Waals surface area contributed by atoms with Gasteiger partial charge >= 0.3 is 0 Å². The van der Waals surface area contributed by atoms with Crippen molar-refractivity contribution in [3.05, 3.63) is 23.8 Å². The van der Waals surface area contributed by atoms with E-state index >= 15 is 0 Å². The summed E-state index contributed by atoms with van der Waals surface area (Å²) in [5.41, 5.74) is 1.97. The number of carbonyl (C=O) groups excluding carboxylic acids is 1. The molecule has 2 aliphatic heterocycles. The quantitative estimate of drug-likeness (QED) is 0.865. The van der Waals surface area contributed by atoms with E-state index in [9.17, 15) is 9.90 Å². The van der Waals surface area contributed by atoms with E-state index in [4.69, 9.17) is 4.74 Å². The van der Waals surface area contributed by atoms with Crippen molar-refractivity contribution in [3.63, 3.8) is 0 Å². The molecule has 0 aromatic heterocycles. The minimum Gasteiger partial charge on any atom is -0.482 e. The number of likely N-dealkylation sites (tertiary alicyclic amines) is 1. The number of anilines is 1. The Hall–Kier alpha value is -1.59. The average Bonchev–Trinajstić information content (AvgIpc) is 2.46. The average molecular weight is 276 g/mol. The van der Waals surface area contributed by atoms with E-state index in [0.29, 0.717) is 0 Å². The van der Waals surface area contributed by atoms with E-state index in [1.165, 1.54) is 5.56 Å². The van der Waals surface area contributed by atoms with Gasteiger partial charge in [0.15, 0.2) is 6.61 Å². The molecule has 0 aliphatic carbocycles. The lowest BCUT2D eigenvalue weighted by Crippen LogP contribution is -2.37. The van der Waals surface area contributed by atoms with Gasteiger partial charge in [-0.15, -0.1) is 0 Å². The van der Waals surface area contributed by atoms with Gasteiger partial charge in [-0.2, -0.15) is 0 Å². The lowest BCUT2D eigenvalue weighted by Gasteiger charge is -2.29. The number of nitrogens with zero attached hydrogens (tertiary/aromatic N) is 1. The molecule has 108 valence electrons. The predicted octanol–water partition coefficient (Wildman–Crippen LogP) is 1.02. The number of aliphatic hydroxyl groups is 1. The Kier molecular flexibility index (Phi) is 3.89. The van der Waals surface area contributed by atoms with Crippen LogP contribution in [0.15, 0.2) is 18.2 Å². The molecule has 0 unspecified atom stereocenters. The lowest BCUT2D eigenvalue weighted by molar-refractivity contribution is -0.118. The Morgan fingerprint density at radius 1 is 1.35 bits per heavy atom. The SMILES string of the molecule is O=C1COc2ccc(CCN3CCC(O)CC3)cc2N1. The standard InChI is InChI=1S/C15H20N2O3/c18-12-4-7-17(8-5-12)6-3-11-1-2-14-13(9-11)16-15(19)10-20-14/h1-2,9,12,18H,3-8,10H2,(H,16,19). The number of aliphatic hydroxyl groups excluding tert-OH is 1. The van der Waals surface area contributed by atoms with Gasteiger partial charge in [-0.3, -0.25) is 4.79 Å². The third kappa shape index (κ3) is 3.11. The van der Waals surface area contributed by atoms with Gasteiger partial charge in [0, 0.05) is 19.6 Å². The first kappa shape index (κ1) is 13.4. The van der Waals surface area contributed by atoms with Crippen LogP contribution in [0, 0.1) is 0 Å². The normalized spacial score (nSPS) is 20.1. The van der Waals surface area contributed by atoms with Crippen LogP contribution < -0.4 is 10.1 Å². The summed E-state index contributed by atoms with van der Waals surface area (Å²) in [7, 11) is 0. The summed E-state index contributed by atoms with van der Waals surface area (Å²) in [6.07, 6.45) is 2.56. The number of benzene rings is 1. The van der Waals surface area contributed by atoms with Crippen molar-refractivity contribution in [2.24, 2.45) is 0 Å². The molecule has 2 N–H and O–H groups in total. The van der Waals surface area contributed by atoms with Gasteiger partial charge in [0.05, 0.1) is 11.8 Å². The molecular formula is C15H20N2O3. The highest BCUT2D eigenvalue weighted by molar-refractivity contribution is 5.95. The second-order valence-corrected chi connectivity index (χ2v) is 5.49. The molecule has 0 bridgehead atoms. The van der Waals surface area contributed by atoms with Gasteiger partial charge in [-0.25, -0.2) is 0 Å². The third-order valence-corrected chi connectivity index (χ3v) is 3.95. The molecule has 2 aliphatic rings. The molecule has 1 aromatic rings. The molecule has 1 fully saturated rings. The molecule has 20 heavy (non-hydrogen) atoms. The number of rotatable bonds is 3. The van der Waals surface area contributed by atoms with Crippen molar-refractivity contribution >= 4 is 11.6 Å². The van der Waals surface area contributed by atoms with Gasteiger partial charge in [0.2, 0.25) is 0 Å². The molecule has 0 saturated carbocycles. The van der Waals surface area contributed by atoms with Crippen LogP contribution >= 0.6 is 0 Å². The van der Waals surface area contributed by atoms with E-state index < -0.39 is 0 Å². The van der Waals surface area contributed by atoms with Crippen LogP contribution in [0.3, 0.4) is 0 Å². The van der Waals surface area contributed by atoms with Crippen molar-refractivity contribution in [2.75, 3.05) is 31.6 Å². The summed E-state index contributed by atoms with van der Waals surface area (Å²) in [6.45, 7) is 3.01. The van der Waals surface area contributed by atoms with Crippen molar-refractivity contribution in [1.29, 1.82) is 0 Å². The highest BCUT2D eigenvalue weighted by atomic mass is 16.5. The van der Waals surface area contributed by atoms with Crippen molar-refractivity contribution in [1.82, 2.24) is 4.90 Å². The summed E-state index contributed by atoms with van der Waals surface area (Å²) in [5.74, 6) is 0.647. The van der Waals surface area contributed by atoms with Gasteiger partial charge in [0.25, 0.3) is 5.91 Å². The predicted molar refractivity (Wildman–Crippen MR) is 76.0 cm³/mol. The molecule has 3 rings (SSSR count). The lowest BCUT2D eigenvalue weighted by atomic mass is 10.1. The molecule has 1 aromatic carbocycles. The number of amides is 1. The first-order chi connectivity index (χ1) is 9.70. The maximum absolute atomic E-state index is 11.3. The fraction of sp³-hybridized carbons (Fsp3) is 0.533. The first-order valence-electron chi connectivity index (χ1n) is 7.17. The molecule has 1 saturated heterocycles. The Bertz CT molecular complexity index is 496. The Morgan fingerprint density at radius 2 is 2.15 bits per heavy atom. The zero-order chi connectivity index (χ0) is 13.9. The van der Waals surface area contributed by atoms with Gasteiger partial charge in [0.1, 0.15) is 5.75 Å². The van der Waals surface area contributed by atoms with Crippen LogP contribution in [0.5, 0.6) is 5.75 Å². The number of carbonyl (C=O) groups is 1. The number of nitrogens with one attached hydrogen (secondary N) is 1. The number of hydrogen-bond donors (Lipinski definition) is 2. The molecule has 0 radical (unpaired) electrons. The fourth-order valence-corrected chi connectivity index (χ4v) is 2.72. The molecule has 0 atom stereocenters. The van der Waals surface area contributed by atoms with Gasteiger partial charge in [-0.05, 0) is 37.0 Å². The monoisotopic (exact) mass is 276 g/mol. The number of fused-ring (bicyclic) bond motifs is 1. The Balaban J connectivity index is 1.58. The zero-order valence-corrected chi connectivity index (χ0v) is 11.5. The van der Waals surface area contributed by atoms with E-state index in [-0.39, 0.29) is 18.6 Å². The van der Waals surface area contributed by atoms with Crippen LogP contribution in [-0.2, 0) is 11.2 Å². The highest BCUT2D eigenvalue weighted by Crippen LogP contribution is 2.28. The number of piperidine rings is 1. The second-order valence-electron chi connectivity index (χ2n) is 5.49. The van der Waals surface area contributed by atoms with Crippen molar-refractivity contribution in [3.8, 4) is 5.75 Å². The van der Waals surface area contributed by atoms with Crippen LogP contribution in [-0.4, -0.2) is 48.3 Å². The molecular weight excluding hydrogens is 256 g/mol. The molecule has 1 amide bonds. The van der Waals surface area contributed by atoms with Gasteiger partial charge < -0.3 is 20.1 Å². The van der Waals surface area contributed by atoms with Crippen LogP contribution in [0.1, 0.15) is 18.4 Å². The summed E-state index contributed by atoms with van der Waals surface area (Å²) < 4.78 is 5.35. The van der Waals surface area contributed by atoms with Crippen LogP contribution in [0.25, 0.3) is 0 Å². The summed E-state index contributed by atoms with van der Waals surface area (Å²) in [5, 5.41) is 12.3. The smallest absolute Gasteiger partial charge is 0.262 e. The largest absolute Gasteiger partial charge is 0.482 e. The van der Waals surface area contributed by atoms with Gasteiger partial charge in [-0.1, -0.05) is 6.07 Å². The topological polar surface area (TPSA) is 61.8 Å². The minimum absolute atomic E-state index is 0.0975. The van der Waals surface area contributed by atoms with E-state index in [0.717, 1.165) is 50.3 Å². The van der Waals surface area contributed by atoms with E-state index in [1.807, 2.05) is 12.1 Å². The van der Waals surface area contributed by atoms with E-state index in [2.05, 4.69) is 16.3 Å². The van der Waals surface area contributed by atoms with Crippen LogP contribution in [0.2, 0.25) is 0 Å². The second kappa shape index (κ2) is 5.81. The van der Waals surface area contributed by atoms with Crippen molar-refractivity contribution < 1.29 is 14.6 Å². The maximum Gasteiger partial charge on any atom is 0.262 e. The minimum atomic E-state index is -0.123. The highest BCUT2D eigenvalue weighted by Gasteiger charge is 2.18. The number of hydrogen-bond acceptors (Lipinski definition) is 4. The Morgan fingerprint density at radius 3 is 2.95 bits per heavy atom. The first-order valence-corrected chi connectivity index (χ1v) is 7.17. The number of ether oxygens (including phenoxy) is 1. The Labute approximate surface area is 118 Å². The maximum atomic E-state index is 11.3. The summed E-state index contributed by atoms with van der Waals surface area (Å²) in [4.78, 5) is 13.7. The molecule has 5 nitrogen and oxygen atoms in total.